The van der Waals surface area contributed by atoms with Crippen molar-refractivity contribution in [1.29, 1.82) is 0 Å². The average molecular weight is 412 g/mol. The van der Waals surface area contributed by atoms with E-state index in [0.717, 1.165) is 0 Å². The molecular weight excluding hydrogens is 396 g/mol. The Bertz CT molecular complexity index is 482. The van der Waals surface area contributed by atoms with E-state index in [-0.39, 0.29) is 19.8 Å². The van der Waals surface area contributed by atoms with Gasteiger partial charge in [-0.25, -0.2) is 8.78 Å². The van der Waals surface area contributed by atoms with Crippen molar-refractivity contribution in [2.75, 3.05) is 19.0 Å². The van der Waals surface area contributed by atoms with Crippen LogP contribution in [0.15, 0.2) is 0 Å². The topological polar surface area (TPSA) is 72.8 Å². The van der Waals surface area contributed by atoms with Crippen LogP contribution in [0, 0.1) is 0 Å². The predicted molar refractivity (Wildman–Crippen MR) is 67.9 cm³/mol. The Morgan fingerprint density at radius 2 is 1.32 bits per heavy atom. The van der Waals surface area contributed by atoms with Crippen molar-refractivity contribution in [1.82, 2.24) is 0 Å². The van der Waals surface area contributed by atoms with Gasteiger partial charge in [-0.05, 0) is 12.8 Å². The molecule has 0 aromatic carbocycles. The standard InChI is InChI=1S/C11H16F8O5S/c1-9(12,13)8(11(17,18)19)24-5-3-2-4-23-7(10(14,15)16)6-25(20,21)22/h7-8H,2-6H2,1H3,(H,20,21,22). The van der Waals surface area contributed by atoms with E-state index < -0.39 is 59.6 Å². The van der Waals surface area contributed by atoms with Gasteiger partial charge < -0.3 is 9.47 Å². The van der Waals surface area contributed by atoms with Crippen LogP contribution in [0.1, 0.15) is 19.8 Å². The fourth-order valence-electron chi connectivity index (χ4n) is 1.59. The van der Waals surface area contributed by atoms with Gasteiger partial charge in [0, 0.05) is 20.1 Å². The minimum atomic E-state index is -5.33. The maximum Gasteiger partial charge on any atom is 0.420 e. The summed E-state index contributed by atoms with van der Waals surface area (Å²) in [7, 11) is -4.98. The molecule has 0 amide bonds. The molecule has 152 valence electrons. The third-order valence-corrected chi connectivity index (χ3v) is 3.35. The molecule has 0 aliphatic rings. The van der Waals surface area contributed by atoms with Crippen molar-refractivity contribution in [2.45, 2.75) is 50.2 Å². The number of unbranched alkanes of at least 4 members (excludes halogenated alkanes) is 1. The summed E-state index contributed by atoms with van der Waals surface area (Å²) < 4.78 is 138. The van der Waals surface area contributed by atoms with Crippen LogP contribution in [0.4, 0.5) is 35.1 Å². The van der Waals surface area contributed by atoms with E-state index in [4.69, 9.17) is 4.55 Å². The van der Waals surface area contributed by atoms with Gasteiger partial charge in [-0.15, -0.1) is 0 Å². The van der Waals surface area contributed by atoms with Gasteiger partial charge >= 0.3 is 12.4 Å². The molecule has 0 bridgehead atoms. The minimum absolute atomic E-state index is 0.0114. The highest BCUT2D eigenvalue weighted by Crippen LogP contribution is 2.34. The van der Waals surface area contributed by atoms with Gasteiger partial charge in [-0.3, -0.25) is 4.55 Å². The fraction of sp³-hybridized carbons (Fsp3) is 1.00. The van der Waals surface area contributed by atoms with Crippen LogP contribution in [0.2, 0.25) is 0 Å². The van der Waals surface area contributed by atoms with Gasteiger partial charge in [-0.2, -0.15) is 34.8 Å². The lowest BCUT2D eigenvalue weighted by Gasteiger charge is -2.26. The zero-order valence-corrected chi connectivity index (χ0v) is 13.5. The molecule has 0 heterocycles. The van der Waals surface area contributed by atoms with Crippen molar-refractivity contribution in [3.63, 3.8) is 0 Å². The Kier molecular flexibility index (Phi) is 8.52. The monoisotopic (exact) mass is 412 g/mol. The first kappa shape index (κ1) is 24.3. The third kappa shape index (κ3) is 10.8. The molecule has 0 aliphatic heterocycles. The first-order chi connectivity index (χ1) is 10.9. The molecule has 5 nitrogen and oxygen atoms in total. The lowest BCUT2D eigenvalue weighted by molar-refractivity contribution is -0.280. The number of rotatable bonds is 10. The van der Waals surface area contributed by atoms with Crippen molar-refractivity contribution in [3.8, 4) is 0 Å². The Morgan fingerprint density at radius 3 is 1.64 bits per heavy atom. The van der Waals surface area contributed by atoms with Crippen molar-refractivity contribution in [3.05, 3.63) is 0 Å². The number of hydrogen-bond acceptors (Lipinski definition) is 4. The van der Waals surface area contributed by atoms with E-state index in [1.165, 1.54) is 0 Å². The summed E-state index contributed by atoms with van der Waals surface area (Å²) in [5.74, 6) is -5.95. The smallest absolute Gasteiger partial charge is 0.368 e. The summed E-state index contributed by atoms with van der Waals surface area (Å²) in [4.78, 5) is 0. The van der Waals surface area contributed by atoms with E-state index >= 15 is 0 Å². The van der Waals surface area contributed by atoms with Crippen LogP contribution in [-0.2, 0) is 19.6 Å². The van der Waals surface area contributed by atoms with E-state index in [2.05, 4.69) is 9.47 Å². The molecule has 0 radical (unpaired) electrons. The summed E-state index contributed by atoms with van der Waals surface area (Å²) >= 11 is 0. The first-order valence-electron chi connectivity index (χ1n) is 6.64. The average Bonchev–Trinajstić information content (AvgIpc) is 2.30. The molecule has 0 fully saturated rings. The summed E-state index contributed by atoms with van der Waals surface area (Å²) in [5, 5.41) is 0. The van der Waals surface area contributed by atoms with Crippen LogP contribution in [0.3, 0.4) is 0 Å². The molecule has 0 saturated heterocycles. The molecule has 25 heavy (non-hydrogen) atoms. The van der Waals surface area contributed by atoms with Crippen LogP contribution >= 0.6 is 0 Å². The molecule has 2 atom stereocenters. The maximum atomic E-state index is 12.8. The van der Waals surface area contributed by atoms with Crippen molar-refractivity contribution < 1.29 is 57.6 Å². The summed E-state index contributed by atoms with van der Waals surface area (Å²) in [6.45, 7) is -1.55. The Balaban J connectivity index is 4.35. The van der Waals surface area contributed by atoms with Crippen LogP contribution in [-0.4, -0.2) is 62.4 Å². The Labute approximate surface area is 138 Å². The second kappa shape index (κ2) is 8.77. The van der Waals surface area contributed by atoms with Gasteiger partial charge in [0.1, 0.15) is 5.75 Å². The zero-order valence-electron chi connectivity index (χ0n) is 12.7. The highest BCUT2D eigenvalue weighted by Gasteiger charge is 2.54. The molecule has 0 spiro atoms. The summed E-state index contributed by atoms with van der Waals surface area (Å²) in [6, 6.07) is 0. The normalized spacial score (nSPS) is 16.7. The minimum Gasteiger partial charge on any atom is -0.368 e. The lowest BCUT2D eigenvalue weighted by Crippen LogP contribution is -2.45. The molecular formula is C11H16F8O5S. The second-order valence-electron chi connectivity index (χ2n) is 5.11. The molecule has 2 unspecified atom stereocenters. The van der Waals surface area contributed by atoms with Gasteiger partial charge in [0.05, 0.1) is 0 Å². The van der Waals surface area contributed by atoms with Gasteiger partial charge in [0.25, 0.3) is 16.0 Å². The molecule has 1 N–H and O–H groups in total. The number of halogens is 8. The second-order valence-corrected chi connectivity index (χ2v) is 6.60. The molecule has 0 rings (SSSR count). The van der Waals surface area contributed by atoms with Crippen molar-refractivity contribution in [2.24, 2.45) is 0 Å². The van der Waals surface area contributed by atoms with Crippen LogP contribution < -0.4 is 0 Å². The molecule has 0 saturated carbocycles. The van der Waals surface area contributed by atoms with Crippen molar-refractivity contribution >= 4 is 10.1 Å². The van der Waals surface area contributed by atoms with Crippen LogP contribution in [0.25, 0.3) is 0 Å². The summed E-state index contributed by atoms with van der Waals surface area (Å²) in [6.07, 6.45) is -17.3. The quantitative estimate of drug-likeness (QED) is 0.339. The van der Waals surface area contributed by atoms with Gasteiger partial charge in [0.15, 0.2) is 6.10 Å². The molecule has 0 aromatic heterocycles. The SMILES string of the molecule is CC(F)(F)C(OCCCCOC(CS(=O)(=O)O)C(F)(F)F)C(F)(F)F. The largest absolute Gasteiger partial charge is 0.420 e. The zero-order chi connectivity index (χ0) is 20.1. The Hall–Kier alpha value is -0.730. The lowest BCUT2D eigenvalue weighted by atomic mass is 10.2. The maximum absolute atomic E-state index is 12.8. The van der Waals surface area contributed by atoms with Crippen LogP contribution in [0.5, 0.6) is 0 Å². The molecule has 0 aromatic rings. The van der Waals surface area contributed by atoms with E-state index in [9.17, 15) is 43.5 Å². The van der Waals surface area contributed by atoms with Gasteiger partial charge in [0.2, 0.25) is 6.10 Å². The van der Waals surface area contributed by atoms with E-state index in [1.807, 2.05) is 0 Å². The third-order valence-electron chi connectivity index (χ3n) is 2.63. The predicted octanol–water partition coefficient (Wildman–Crippen LogP) is 3.20. The van der Waals surface area contributed by atoms with Gasteiger partial charge in [-0.1, -0.05) is 0 Å². The molecule has 0 aliphatic carbocycles. The number of ether oxygens (including phenoxy) is 2. The first-order valence-corrected chi connectivity index (χ1v) is 8.25. The highest BCUT2D eigenvalue weighted by atomic mass is 32.2. The Morgan fingerprint density at radius 1 is 0.880 bits per heavy atom. The summed E-state index contributed by atoms with van der Waals surface area (Å²) in [5.41, 5.74) is 0. The number of hydrogen-bond donors (Lipinski definition) is 1. The molecule has 14 heteroatoms. The van der Waals surface area contributed by atoms with E-state index in [1.54, 1.807) is 0 Å². The fourth-order valence-corrected chi connectivity index (χ4v) is 2.26. The highest BCUT2D eigenvalue weighted by molar-refractivity contribution is 7.85. The van der Waals surface area contributed by atoms with E-state index in [0.29, 0.717) is 0 Å². The number of alkyl halides is 8.